The molecule has 0 saturated carbocycles. The number of rotatable bonds is 3. The van der Waals surface area contributed by atoms with E-state index in [0.29, 0.717) is 6.42 Å². The maximum absolute atomic E-state index is 10.9. The van der Waals surface area contributed by atoms with E-state index < -0.39 is 0 Å². The van der Waals surface area contributed by atoms with Crippen LogP contribution in [0.25, 0.3) is 0 Å². The van der Waals surface area contributed by atoms with Gasteiger partial charge in [-0.15, -0.1) is 0 Å². The van der Waals surface area contributed by atoms with Crippen LogP contribution in [-0.4, -0.2) is 20.6 Å². The van der Waals surface area contributed by atoms with E-state index in [1.165, 1.54) is 6.33 Å². The van der Waals surface area contributed by atoms with Gasteiger partial charge in [-0.05, 0) is 18.9 Å². The Morgan fingerprint density at radius 3 is 2.67 bits per heavy atom. The van der Waals surface area contributed by atoms with E-state index in [0.717, 1.165) is 5.56 Å². The number of nitrogens with zero attached hydrogens (tertiary/aromatic N) is 2. The molecule has 12 heavy (non-hydrogen) atoms. The Hall–Kier alpha value is -0.770. The highest BCUT2D eigenvalue weighted by Crippen LogP contribution is 2.08. The van der Waals surface area contributed by atoms with Gasteiger partial charge >= 0.3 is 0 Å². The first-order valence-electron chi connectivity index (χ1n) is 3.58. The molecule has 64 valence electrons. The average Bonchev–Trinajstić information content (AvgIpc) is 2.06. The lowest BCUT2D eigenvalue weighted by Gasteiger charge is -2.03. The summed E-state index contributed by atoms with van der Waals surface area (Å²) in [6.07, 6.45) is 5.55. The molecule has 0 amide bonds. The van der Waals surface area contributed by atoms with Crippen molar-refractivity contribution in [3.8, 4) is 0 Å². The monoisotopic (exact) mass is 228 g/mol. The Morgan fingerprint density at radius 1 is 1.58 bits per heavy atom. The van der Waals surface area contributed by atoms with Crippen LogP contribution in [0.2, 0.25) is 0 Å². The molecule has 3 nitrogen and oxygen atoms in total. The zero-order valence-corrected chi connectivity index (χ0v) is 8.28. The molecule has 0 spiro atoms. The lowest BCUT2D eigenvalue weighted by atomic mass is 10.1. The van der Waals surface area contributed by atoms with E-state index in [4.69, 9.17) is 0 Å². The highest BCUT2D eigenvalue weighted by atomic mass is 79.9. The van der Waals surface area contributed by atoms with E-state index in [1.54, 1.807) is 19.3 Å². The van der Waals surface area contributed by atoms with Crippen LogP contribution in [0, 0.1) is 0 Å². The summed E-state index contributed by atoms with van der Waals surface area (Å²) >= 11 is 3.27. The Labute approximate surface area is 79.4 Å². The molecule has 4 heteroatoms. The van der Waals surface area contributed by atoms with Gasteiger partial charge in [-0.1, -0.05) is 15.9 Å². The van der Waals surface area contributed by atoms with Crippen molar-refractivity contribution in [2.24, 2.45) is 0 Å². The average molecular weight is 229 g/mol. The second-order valence-corrected chi connectivity index (χ2v) is 3.63. The minimum absolute atomic E-state index is 0.122. The number of alkyl halides is 1. The smallest absolute Gasteiger partial charge is 0.143 e. The molecule has 0 bridgehead atoms. The number of ketones is 1. The van der Waals surface area contributed by atoms with Crippen LogP contribution < -0.4 is 0 Å². The van der Waals surface area contributed by atoms with Gasteiger partial charge in [0.05, 0.1) is 4.83 Å². The van der Waals surface area contributed by atoms with Gasteiger partial charge in [0.2, 0.25) is 0 Å². The third kappa shape index (κ3) is 2.70. The van der Waals surface area contributed by atoms with Crippen LogP contribution in [0.3, 0.4) is 0 Å². The quantitative estimate of drug-likeness (QED) is 0.735. The molecule has 1 atom stereocenters. The zero-order chi connectivity index (χ0) is 8.97. The van der Waals surface area contributed by atoms with E-state index in [2.05, 4.69) is 25.9 Å². The van der Waals surface area contributed by atoms with Crippen molar-refractivity contribution in [2.45, 2.75) is 18.2 Å². The molecule has 0 aliphatic rings. The van der Waals surface area contributed by atoms with Gasteiger partial charge < -0.3 is 0 Å². The van der Waals surface area contributed by atoms with Crippen molar-refractivity contribution in [3.05, 3.63) is 24.3 Å². The highest BCUT2D eigenvalue weighted by Gasteiger charge is 2.09. The van der Waals surface area contributed by atoms with E-state index in [9.17, 15) is 4.79 Å². The van der Waals surface area contributed by atoms with Gasteiger partial charge in [-0.25, -0.2) is 9.97 Å². The summed E-state index contributed by atoms with van der Waals surface area (Å²) in [5.74, 6) is 0.124. The number of carbonyl (C=O) groups excluding carboxylic acids is 1. The standard InChI is InChI=1S/C8H9BrN2O/c1-6(12)8(9)2-7-3-10-5-11-4-7/h3-5,8H,2H2,1H3. The molecule has 0 N–H and O–H groups in total. The van der Waals surface area contributed by atoms with E-state index in [-0.39, 0.29) is 10.6 Å². The number of hydrogen-bond donors (Lipinski definition) is 0. The van der Waals surface area contributed by atoms with Crippen LogP contribution in [0.4, 0.5) is 0 Å². The van der Waals surface area contributed by atoms with Gasteiger partial charge in [0, 0.05) is 12.4 Å². The van der Waals surface area contributed by atoms with Gasteiger partial charge in [0.25, 0.3) is 0 Å². The topological polar surface area (TPSA) is 42.9 Å². The van der Waals surface area contributed by atoms with Gasteiger partial charge in [-0.2, -0.15) is 0 Å². The molecule has 0 fully saturated rings. The van der Waals surface area contributed by atoms with Gasteiger partial charge in [-0.3, -0.25) is 4.79 Å². The van der Waals surface area contributed by atoms with Crippen LogP contribution in [0.15, 0.2) is 18.7 Å². The van der Waals surface area contributed by atoms with Crippen LogP contribution >= 0.6 is 15.9 Å². The molecule has 0 aromatic carbocycles. The fourth-order valence-electron chi connectivity index (χ4n) is 0.786. The predicted octanol–water partition coefficient (Wildman–Crippen LogP) is 1.37. The Morgan fingerprint density at radius 2 is 2.17 bits per heavy atom. The van der Waals surface area contributed by atoms with Crippen LogP contribution in [-0.2, 0) is 11.2 Å². The third-order valence-electron chi connectivity index (χ3n) is 1.47. The van der Waals surface area contributed by atoms with Crippen molar-refractivity contribution in [3.63, 3.8) is 0 Å². The van der Waals surface area contributed by atoms with Crippen molar-refractivity contribution < 1.29 is 4.79 Å². The maximum Gasteiger partial charge on any atom is 0.143 e. The fraction of sp³-hybridized carbons (Fsp3) is 0.375. The minimum Gasteiger partial charge on any atom is -0.299 e. The zero-order valence-electron chi connectivity index (χ0n) is 6.70. The molecular formula is C8H9BrN2O. The molecule has 1 rings (SSSR count). The molecular weight excluding hydrogens is 220 g/mol. The van der Waals surface area contributed by atoms with Crippen molar-refractivity contribution in [1.29, 1.82) is 0 Å². The van der Waals surface area contributed by atoms with Gasteiger partial charge in [0.1, 0.15) is 12.1 Å². The van der Waals surface area contributed by atoms with Crippen LogP contribution in [0.5, 0.6) is 0 Å². The Bertz CT molecular complexity index is 263. The summed E-state index contributed by atoms with van der Waals surface area (Å²) in [6.45, 7) is 1.56. The first-order valence-corrected chi connectivity index (χ1v) is 4.50. The van der Waals surface area contributed by atoms with Crippen molar-refractivity contribution >= 4 is 21.7 Å². The van der Waals surface area contributed by atoms with Crippen LogP contribution in [0.1, 0.15) is 12.5 Å². The fourth-order valence-corrected chi connectivity index (χ4v) is 1.16. The lowest BCUT2D eigenvalue weighted by molar-refractivity contribution is -0.116. The lowest BCUT2D eigenvalue weighted by Crippen LogP contribution is -2.12. The molecule has 0 aliphatic heterocycles. The second-order valence-electron chi connectivity index (χ2n) is 2.53. The summed E-state index contributed by atoms with van der Waals surface area (Å²) in [7, 11) is 0. The number of aromatic nitrogens is 2. The molecule has 0 saturated heterocycles. The summed E-state index contributed by atoms with van der Waals surface area (Å²) < 4.78 is 0. The SMILES string of the molecule is CC(=O)C(Br)Cc1cncnc1. The number of hydrogen-bond acceptors (Lipinski definition) is 3. The summed E-state index contributed by atoms with van der Waals surface area (Å²) in [5, 5.41) is 0. The highest BCUT2D eigenvalue weighted by molar-refractivity contribution is 9.10. The molecule has 0 aliphatic carbocycles. The van der Waals surface area contributed by atoms with E-state index >= 15 is 0 Å². The van der Waals surface area contributed by atoms with Crippen molar-refractivity contribution in [1.82, 2.24) is 9.97 Å². The minimum atomic E-state index is -0.122. The molecule has 1 aromatic rings. The number of carbonyl (C=O) groups is 1. The third-order valence-corrected chi connectivity index (χ3v) is 2.44. The molecule has 1 unspecified atom stereocenters. The largest absolute Gasteiger partial charge is 0.299 e. The predicted molar refractivity (Wildman–Crippen MR) is 49.1 cm³/mol. The molecule has 1 heterocycles. The first-order chi connectivity index (χ1) is 5.70. The summed E-state index contributed by atoms with van der Waals surface area (Å²) in [5.41, 5.74) is 0.967. The van der Waals surface area contributed by atoms with Gasteiger partial charge in [0.15, 0.2) is 0 Å². The summed E-state index contributed by atoms with van der Waals surface area (Å²) in [4.78, 5) is 18.4. The molecule has 0 radical (unpaired) electrons. The second kappa shape index (κ2) is 4.30. The Kier molecular flexibility index (Phi) is 3.34. The first kappa shape index (κ1) is 9.32. The molecule has 1 aromatic heterocycles. The number of halogens is 1. The van der Waals surface area contributed by atoms with E-state index in [1.807, 2.05) is 0 Å². The Balaban J connectivity index is 2.58. The summed E-state index contributed by atoms with van der Waals surface area (Å²) in [6, 6.07) is 0. The maximum atomic E-state index is 10.9. The number of Topliss-reactive ketones (excluding diaryl/α,β-unsaturated/α-hetero) is 1. The van der Waals surface area contributed by atoms with Crippen molar-refractivity contribution in [2.75, 3.05) is 0 Å². The normalized spacial score (nSPS) is 12.5.